The van der Waals surface area contributed by atoms with Gasteiger partial charge >= 0.3 is 5.97 Å². The Morgan fingerprint density at radius 3 is 2.83 bits per heavy atom. The summed E-state index contributed by atoms with van der Waals surface area (Å²) >= 11 is 3.39. The Morgan fingerprint density at radius 2 is 2.13 bits per heavy atom. The molecular formula is C20H14BrN3O6. The lowest BCUT2D eigenvalue weighted by Crippen LogP contribution is -2.44. The monoisotopic (exact) mass is 471 g/mol. The third kappa shape index (κ3) is 2.34. The quantitative estimate of drug-likeness (QED) is 0.270. The second-order valence-corrected chi connectivity index (χ2v) is 8.17. The van der Waals surface area contributed by atoms with Gasteiger partial charge in [0.15, 0.2) is 5.60 Å². The first-order chi connectivity index (χ1) is 14.3. The lowest BCUT2D eigenvalue weighted by molar-refractivity contribution is -0.383. The molecular weight excluding hydrogens is 458 g/mol. The van der Waals surface area contributed by atoms with Crippen molar-refractivity contribution in [1.29, 1.82) is 0 Å². The van der Waals surface area contributed by atoms with Gasteiger partial charge in [0, 0.05) is 21.7 Å². The van der Waals surface area contributed by atoms with Crippen molar-refractivity contribution in [2.75, 3.05) is 0 Å². The molecule has 1 aromatic carbocycles. The highest BCUT2D eigenvalue weighted by molar-refractivity contribution is 9.10. The number of fused-ring (bicyclic) bond motifs is 5. The maximum absolute atomic E-state index is 13.1. The molecule has 4 heterocycles. The standard InChI is InChI=1S/C20H14BrN3O6/c1-2-20(27)12-6-15-16-9(7-23(15)18(25)11(12)8-30-19(20)26)5-10-14(24(28)29)4-3-13(21)17(10)22-16/h3-6,27H,2,7-8H2,1H3. The number of ether oxygens (including phenoxy) is 1. The zero-order chi connectivity index (χ0) is 21.4. The number of nitrogens with zero attached hydrogens (tertiary/aromatic N) is 3. The smallest absolute Gasteiger partial charge is 0.343 e. The fourth-order valence-corrected chi connectivity index (χ4v) is 4.61. The van der Waals surface area contributed by atoms with Crippen molar-refractivity contribution in [1.82, 2.24) is 9.55 Å². The van der Waals surface area contributed by atoms with Gasteiger partial charge in [-0.05, 0) is 40.5 Å². The van der Waals surface area contributed by atoms with Gasteiger partial charge in [-0.25, -0.2) is 9.78 Å². The average Bonchev–Trinajstić information content (AvgIpc) is 3.08. The molecule has 0 spiro atoms. The first-order valence-corrected chi connectivity index (χ1v) is 9.99. The SMILES string of the molecule is CCC1(O)C(=O)OCc2c1cc1n(c2=O)Cc2cc3c([N+](=O)[O-])ccc(Br)c3nc2-1. The first kappa shape index (κ1) is 18.9. The number of nitro groups is 1. The van der Waals surface area contributed by atoms with Crippen LogP contribution in [0.1, 0.15) is 30.0 Å². The van der Waals surface area contributed by atoms with Crippen LogP contribution in [-0.4, -0.2) is 25.6 Å². The predicted octanol–water partition coefficient (Wildman–Crippen LogP) is 2.75. The number of carbonyl (C=O) groups is 1. The number of aliphatic hydroxyl groups is 1. The molecule has 9 nitrogen and oxygen atoms in total. The third-order valence-electron chi connectivity index (χ3n) is 5.80. The summed E-state index contributed by atoms with van der Waals surface area (Å²) < 4.78 is 7.12. The number of benzene rings is 1. The summed E-state index contributed by atoms with van der Waals surface area (Å²) in [6, 6.07) is 6.23. The number of cyclic esters (lactones) is 1. The average molecular weight is 472 g/mol. The van der Waals surface area contributed by atoms with Crippen molar-refractivity contribution in [3.8, 4) is 11.4 Å². The summed E-state index contributed by atoms with van der Waals surface area (Å²) in [6.07, 6.45) is 0.0531. The van der Waals surface area contributed by atoms with E-state index in [-0.39, 0.29) is 41.9 Å². The highest BCUT2D eigenvalue weighted by Crippen LogP contribution is 2.40. The fourth-order valence-electron chi connectivity index (χ4n) is 4.18. The van der Waals surface area contributed by atoms with Crippen LogP contribution in [0.15, 0.2) is 33.5 Å². The number of halogens is 1. The van der Waals surface area contributed by atoms with Crippen LogP contribution >= 0.6 is 15.9 Å². The maximum Gasteiger partial charge on any atom is 0.343 e. The van der Waals surface area contributed by atoms with E-state index in [0.717, 1.165) is 0 Å². The molecule has 0 fully saturated rings. The molecule has 3 aromatic rings. The van der Waals surface area contributed by atoms with Gasteiger partial charge in [0.25, 0.3) is 11.2 Å². The number of hydrogen-bond acceptors (Lipinski definition) is 7. The minimum absolute atomic E-state index is 0.0531. The number of carbonyl (C=O) groups excluding carboxylic acids is 1. The van der Waals surface area contributed by atoms with Crippen LogP contribution in [0.5, 0.6) is 0 Å². The minimum Gasteiger partial charge on any atom is -0.458 e. The van der Waals surface area contributed by atoms with Crippen molar-refractivity contribution in [3.05, 3.63) is 65.9 Å². The van der Waals surface area contributed by atoms with E-state index in [4.69, 9.17) is 4.74 Å². The van der Waals surface area contributed by atoms with E-state index in [9.17, 15) is 24.8 Å². The molecule has 2 aromatic heterocycles. The van der Waals surface area contributed by atoms with E-state index >= 15 is 0 Å². The van der Waals surface area contributed by atoms with Gasteiger partial charge in [-0.1, -0.05) is 6.92 Å². The maximum atomic E-state index is 13.1. The Morgan fingerprint density at radius 1 is 1.37 bits per heavy atom. The van der Waals surface area contributed by atoms with Crippen LogP contribution in [0.4, 0.5) is 5.69 Å². The van der Waals surface area contributed by atoms with Gasteiger partial charge in [-0.2, -0.15) is 0 Å². The van der Waals surface area contributed by atoms with Crippen LogP contribution in [0.3, 0.4) is 0 Å². The minimum atomic E-state index is -1.90. The molecule has 0 bridgehead atoms. The predicted molar refractivity (Wildman–Crippen MR) is 109 cm³/mol. The second kappa shape index (κ2) is 6.19. The molecule has 0 saturated carbocycles. The number of non-ortho nitro benzene ring substituents is 1. The highest BCUT2D eigenvalue weighted by atomic mass is 79.9. The Balaban J connectivity index is 1.82. The van der Waals surface area contributed by atoms with Crippen LogP contribution in [0.25, 0.3) is 22.3 Å². The Bertz CT molecular complexity index is 1370. The van der Waals surface area contributed by atoms with Gasteiger partial charge in [-0.15, -0.1) is 0 Å². The Kier molecular flexibility index (Phi) is 3.90. The molecule has 1 N–H and O–H groups in total. The van der Waals surface area contributed by atoms with Gasteiger partial charge in [0.2, 0.25) is 0 Å². The van der Waals surface area contributed by atoms with E-state index in [2.05, 4.69) is 20.9 Å². The number of hydrogen-bond donors (Lipinski definition) is 1. The van der Waals surface area contributed by atoms with Crippen molar-refractivity contribution >= 4 is 38.5 Å². The molecule has 1 unspecified atom stereocenters. The number of pyridine rings is 2. The largest absolute Gasteiger partial charge is 0.458 e. The summed E-state index contributed by atoms with van der Waals surface area (Å²) in [5, 5.41) is 22.7. The number of rotatable bonds is 2. The first-order valence-electron chi connectivity index (χ1n) is 9.20. The fraction of sp³-hybridized carbons (Fsp3) is 0.250. The summed E-state index contributed by atoms with van der Waals surface area (Å²) in [4.78, 5) is 40.9. The van der Waals surface area contributed by atoms with E-state index < -0.39 is 16.5 Å². The molecule has 1 atom stereocenters. The second-order valence-electron chi connectivity index (χ2n) is 7.32. The number of esters is 1. The molecule has 0 saturated heterocycles. The van der Waals surface area contributed by atoms with E-state index in [1.165, 1.54) is 10.6 Å². The lowest BCUT2D eigenvalue weighted by Gasteiger charge is -2.31. The van der Waals surface area contributed by atoms with Crippen LogP contribution < -0.4 is 5.56 Å². The van der Waals surface area contributed by atoms with Gasteiger partial charge in [-0.3, -0.25) is 14.9 Å². The Labute approximate surface area is 177 Å². The molecule has 10 heteroatoms. The molecule has 0 radical (unpaired) electrons. The van der Waals surface area contributed by atoms with E-state index in [1.54, 1.807) is 25.1 Å². The lowest BCUT2D eigenvalue weighted by atomic mass is 9.86. The molecule has 2 aliphatic rings. The van der Waals surface area contributed by atoms with E-state index in [1.807, 2.05) is 0 Å². The molecule has 5 rings (SSSR count). The van der Waals surface area contributed by atoms with Crippen LogP contribution in [-0.2, 0) is 28.3 Å². The van der Waals surface area contributed by atoms with Crippen molar-refractivity contribution < 1.29 is 19.6 Å². The number of aromatic nitrogens is 2. The number of nitro benzene ring substituents is 1. The zero-order valence-electron chi connectivity index (χ0n) is 15.6. The van der Waals surface area contributed by atoms with Gasteiger partial charge < -0.3 is 14.4 Å². The molecule has 2 aliphatic heterocycles. The molecule has 152 valence electrons. The van der Waals surface area contributed by atoms with Crippen molar-refractivity contribution in [2.45, 2.75) is 32.1 Å². The van der Waals surface area contributed by atoms with Crippen molar-refractivity contribution in [2.24, 2.45) is 0 Å². The molecule has 0 amide bonds. The van der Waals surface area contributed by atoms with E-state index in [0.29, 0.717) is 32.3 Å². The van der Waals surface area contributed by atoms with Gasteiger partial charge in [0.1, 0.15) is 6.61 Å². The molecule has 30 heavy (non-hydrogen) atoms. The topological polar surface area (TPSA) is 125 Å². The normalized spacial score (nSPS) is 19.2. The summed E-state index contributed by atoms with van der Waals surface area (Å²) in [5.74, 6) is -0.787. The third-order valence-corrected chi connectivity index (χ3v) is 6.44. The van der Waals surface area contributed by atoms with Crippen LogP contribution in [0, 0.1) is 10.1 Å². The summed E-state index contributed by atoms with van der Waals surface area (Å²) in [6.45, 7) is 1.61. The molecule has 0 aliphatic carbocycles. The Hall–Kier alpha value is -3.11. The zero-order valence-corrected chi connectivity index (χ0v) is 17.2. The van der Waals surface area contributed by atoms with Crippen LogP contribution in [0.2, 0.25) is 0 Å². The van der Waals surface area contributed by atoms with Gasteiger partial charge in [0.05, 0.1) is 39.3 Å². The summed E-state index contributed by atoms with van der Waals surface area (Å²) in [7, 11) is 0. The van der Waals surface area contributed by atoms with Crippen molar-refractivity contribution in [3.63, 3.8) is 0 Å². The highest BCUT2D eigenvalue weighted by Gasteiger charge is 2.45. The summed E-state index contributed by atoms with van der Waals surface area (Å²) in [5.41, 5.74) is 0.0840.